The van der Waals surface area contributed by atoms with Crippen molar-refractivity contribution in [1.82, 2.24) is 0 Å². The predicted octanol–water partition coefficient (Wildman–Crippen LogP) is 4.88. The summed E-state index contributed by atoms with van der Waals surface area (Å²) in [6.07, 6.45) is 4.55. The second-order valence-corrected chi connectivity index (χ2v) is 7.93. The van der Waals surface area contributed by atoms with E-state index in [1.165, 1.54) is 19.3 Å². The number of hydrogen-bond donors (Lipinski definition) is 0. The van der Waals surface area contributed by atoms with Crippen molar-refractivity contribution in [3.05, 3.63) is 35.9 Å². The number of carbonyl (C=O) groups excluding carboxylic acids is 1. The summed E-state index contributed by atoms with van der Waals surface area (Å²) >= 11 is 0. The molecule has 0 N–H and O–H groups in total. The maximum Gasteiger partial charge on any atom is 0.168 e. The Bertz CT molecular complexity index is 548. The maximum atomic E-state index is 12.9. The van der Waals surface area contributed by atoms with E-state index in [2.05, 4.69) is 27.7 Å². The molecule has 0 radical (unpaired) electrons. The molecule has 2 heteroatoms. The van der Waals surface area contributed by atoms with Gasteiger partial charge in [-0.25, -0.2) is 0 Å². The van der Waals surface area contributed by atoms with E-state index in [1.807, 2.05) is 30.3 Å². The van der Waals surface area contributed by atoms with Crippen LogP contribution in [-0.2, 0) is 4.74 Å². The zero-order valence-corrected chi connectivity index (χ0v) is 14.3. The monoisotopic (exact) mass is 300 g/mol. The van der Waals surface area contributed by atoms with E-state index in [-0.39, 0.29) is 28.8 Å². The van der Waals surface area contributed by atoms with Crippen LogP contribution in [0.15, 0.2) is 30.3 Å². The number of rotatable bonds is 2. The van der Waals surface area contributed by atoms with E-state index in [9.17, 15) is 4.79 Å². The highest BCUT2D eigenvalue weighted by atomic mass is 16.5. The van der Waals surface area contributed by atoms with Gasteiger partial charge in [-0.05, 0) is 37.5 Å². The summed E-state index contributed by atoms with van der Waals surface area (Å²) in [4.78, 5) is 12.9. The number of ether oxygens (including phenoxy) is 1. The lowest BCUT2D eigenvalue weighted by atomic mass is 9.58. The van der Waals surface area contributed by atoms with Crippen molar-refractivity contribution in [1.29, 1.82) is 0 Å². The molecule has 1 aliphatic carbocycles. The first-order valence-electron chi connectivity index (χ1n) is 8.64. The van der Waals surface area contributed by atoms with E-state index in [0.717, 1.165) is 12.0 Å². The van der Waals surface area contributed by atoms with Gasteiger partial charge < -0.3 is 4.74 Å². The van der Waals surface area contributed by atoms with Crippen molar-refractivity contribution in [2.45, 2.75) is 65.1 Å². The van der Waals surface area contributed by atoms with Crippen LogP contribution in [0.3, 0.4) is 0 Å². The standard InChI is InChI=1S/C20H28O2/c1-14-9-8-12-19(3,4)20(14)13-17(15(2)22-20)18(21)16-10-6-5-7-11-16/h5-7,10-11,14-15,17H,8-9,12-13H2,1-4H3/t14-,15?,17?,20-/m0/s1. The number of hydrogen-bond acceptors (Lipinski definition) is 2. The summed E-state index contributed by atoms with van der Waals surface area (Å²) in [6.45, 7) is 9.04. The normalized spacial score (nSPS) is 37.4. The van der Waals surface area contributed by atoms with Gasteiger partial charge in [-0.1, -0.05) is 57.5 Å². The molecule has 1 aliphatic heterocycles. The van der Waals surface area contributed by atoms with Crippen LogP contribution in [0.1, 0.15) is 63.7 Å². The second-order valence-electron chi connectivity index (χ2n) is 7.93. The van der Waals surface area contributed by atoms with E-state index >= 15 is 0 Å². The minimum Gasteiger partial charge on any atom is -0.370 e. The van der Waals surface area contributed by atoms with Crippen LogP contribution in [0.25, 0.3) is 0 Å². The lowest BCUT2D eigenvalue weighted by molar-refractivity contribution is -0.163. The molecule has 4 atom stereocenters. The summed E-state index contributed by atoms with van der Waals surface area (Å²) < 4.78 is 6.55. The summed E-state index contributed by atoms with van der Waals surface area (Å²) in [5, 5.41) is 0. The minimum absolute atomic E-state index is 0.00697. The van der Waals surface area contributed by atoms with E-state index in [4.69, 9.17) is 4.74 Å². The molecule has 1 saturated heterocycles. The van der Waals surface area contributed by atoms with Crippen LogP contribution in [0.5, 0.6) is 0 Å². The fourth-order valence-electron chi connectivity index (χ4n) is 4.79. The zero-order valence-electron chi connectivity index (χ0n) is 14.3. The Hall–Kier alpha value is -1.15. The topological polar surface area (TPSA) is 26.3 Å². The highest BCUT2D eigenvalue weighted by Gasteiger charge is 2.59. The molecule has 1 aromatic rings. The number of carbonyl (C=O) groups is 1. The third-order valence-electron chi connectivity index (χ3n) is 6.26. The molecule has 22 heavy (non-hydrogen) atoms. The first-order chi connectivity index (χ1) is 10.4. The van der Waals surface area contributed by atoms with Gasteiger partial charge in [0.2, 0.25) is 0 Å². The molecular formula is C20H28O2. The van der Waals surface area contributed by atoms with E-state index in [1.54, 1.807) is 0 Å². The molecule has 1 heterocycles. The van der Waals surface area contributed by atoms with Crippen molar-refractivity contribution in [2.75, 3.05) is 0 Å². The first kappa shape index (κ1) is 15.7. The molecule has 1 saturated carbocycles. The van der Waals surface area contributed by atoms with Crippen molar-refractivity contribution in [3.8, 4) is 0 Å². The van der Waals surface area contributed by atoms with Crippen molar-refractivity contribution in [3.63, 3.8) is 0 Å². The highest BCUT2D eigenvalue weighted by molar-refractivity contribution is 5.98. The van der Waals surface area contributed by atoms with Crippen LogP contribution in [0, 0.1) is 17.3 Å². The zero-order chi connectivity index (χ0) is 16.0. The first-order valence-corrected chi connectivity index (χ1v) is 8.64. The van der Waals surface area contributed by atoms with Gasteiger partial charge in [-0.3, -0.25) is 4.79 Å². The smallest absolute Gasteiger partial charge is 0.168 e. The highest BCUT2D eigenvalue weighted by Crippen LogP contribution is 2.57. The molecule has 2 unspecified atom stereocenters. The lowest BCUT2D eigenvalue weighted by Gasteiger charge is -2.51. The summed E-state index contributed by atoms with van der Waals surface area (Å²) in [5.74, 6) is 0.757. The second kappa shape index (κ2) is 5.49. The van der Waals surface area contributed by atoms with Crippen LogP contribution < -0.4 is 0 Å². The Morgan fingerprint density at radius 1 is 1.18 bits per heavy atom. The Morgan fingerprint density at radius 3 is 2.50 bits per heavy atom. The molecule has 120 valence electrons. The fraction of sp³-hybridized carbons (Fsp3) is 0.650. The van der Waals surface area contributed by atoms with E-state index in [0.29, 0.717) is 5.92 Å². The predicted molar refractivity (Wildman–Crippen MR) is 89.0 cm³/mol. The third kappa shape index (κ3) is 2.32. The van der Waals surface area contributed by atoms with Gasteiger partial charge in [-0.2, -0.15) is 0 Å². The van der Waals surface area contributed by atoms with Gasteiger partial charge in [0, 0.05) is 5.56 Å². The van der Waals surface area contributed by atoms with Crippen LogP contribution in [-0.4, -0.2) is 17.5 Å². The Balaban J connectivity index is 1.89. The average molecular weight is 300 g/mol. The van der Waals surface area contributed by atoms with Crippen molar-refractivity contribution >= 4 is 5.78 Å². The van der Waals surface area contributed by atoms with Crippen molar-refractivity contribution in [2.24, 2.45) is 17.3 Å². The molecule has 2 aliphatic rings. The Labute approximate surface area is 134 Å². The molecule has 0 aromatic heterocycles. The molecule has 1 spiro atoms. The third-order valence-corrected chi connectivity index (χ3v) is 6.26. The molecule has 1 aromatic carbocycles. The van der Waals surface area contributed by atoms with Gasteiger partial charge >= 0.3 is 0 Å². The molecule has 2 nitrogen and oxygen atoms in total. The SMILES string of the molecule is CC1O[C@@]2(CC1C(=O)c1ccccc1)[C@@H](C)CCCC2(C)C. The summed E-state index contributed by atoms with van der Waals surface area (Å²) in [7, 11) is 0. The van der Waals surface area contributed by atoms with Crippen molar-refractivity contribution < 1.29 is 9.53 Å². The van der Waals surface area contributed by atoms with Crippen LogP contribution in [0.4, 0.5) is 0 Å². The molecular weight excluding hydrogens is 272 g/mol. The molecule has 2 fully saturated rings. The van der Waals surface area contributed by atoms with E-state index < -0.39 is 0 Å². The summed E-state index contributed by atoms with van der Waals surface area (Å²) in [6, 6.07) is 9.69. The molecule has 0 bridgehead atoms. The van der Waals surface area contributed by atoms with Gasteiger partial charge in [0.05, 0.1) is 17.6 Å². The minimum atomic E-state index is -0.139. The molecule has 0 amide bonds. The maximum absolute atomic E-state index is 12.9. The van der Waals surface area contributed by atoms with Gasteiger partial charge in [0.1, 0.15) is 0 Å². The van der Waals surface area contributed by atoms with Crippen LogP contribution in [0.2, 0.25) is 0 Å². The number of benzene rings is 1. The largest absolute Gasteiger partial charge is 0.370 e. The number of Topliss-reactive ketones (excluding diaryl/α,β-unsaturated/α-hetero) is 1. The Morgan fingerprint density at radius 2 is 1.86 bits per heavy atom. The lowest BCUT2D eigenvalue weighted by Crippen LogP contribution is -2.52. The van der Waals surface area contributed by atoms with Gasteiger partial charge in [0.25, 0.3) is 0 Å². The molecule has 3 rings (SSSR count). The Kier molecular flexibility index (Phi) is 3.92. The van der Waals surface area contributed by atoms with Gasteiger partial charge in [0.15, 0.2) is 5.78 Å². The average Bonchev–Trinajstić information content (AvgIpc) is 2.85. The van der Waals surface area contributed by atoms with Crippen LogP contribution >= 0.6 is 0 Å². The summed E-state index contributed by atoms with van der Waals surface area (Å²) in [5.41, 5.74) is 0.825. The van der Waals surface area contributed by atoms with Gasteiger partial charge in [-0.15, -0.1) is 0 Å². The quantitative estimate of drug-likeness (QED) is 0.728. The fourth-order valence-corrected chi connectivity index (χ4v) is 4.79. The number of ketones is 1.